The van der Waals surface area contributed by atoms with E-state index in [-0.39, 0.29) is 12.0 Å². The van der Waals surface area contributed by atoms with Gasteiger partial charge in [0.1, 0.15) is 11.6 Å². The quantitative estimate of drug-likeness (QED) is 0.765. The van der Waals surface area contributed by atoms with Crippen LogP contribution in [0.1, 0.15) is 52.2 Å². The van der Waals surface area contributed by atoms with E-state index < -0.39 is 17.1 Å². The first kappa shape index (κ1) is 19.7. The fraction of sp³-hybridized carbons (Fsp3) is 0.722. The SMILES string of the molecule is Cc1nc(CN2CCN([C@H](C(=O)OC(C)(C)C)C(C)(C)C)C2=O)cs1. The molecule has 1 saturated heterocycles. The maximum Gasteiger partial charge on any atom is 0.329 e. The number of hydrogen-bond acceptors (Lipinski definition) is 5. The van der Waals surface area contributed by atoms with Crippen molar-refractivity contribution in [2.24, 2.45) is 5.41 Å². The van der Waals surface area contributed by atoms with Crippen LogP contribution in [0.4, 0.5) is 4.79 Å². The highest BCUT2D eigenvalue weighted by Crippen LogP contribution is 2.30. The molecular weight excluding hydrogens is 338 g/mol. The van der Waals surface area contributed by atoms with Crippen LogP contribution in [0.5, 0.6) is 0 Å². The number of rotatable bonds is 4. The molecule has 1 aliphatic rings. The predicted octanol–water partition coefficient (Wildman–Crippen LogP) is 3.45. The molecule has 0 spiro atoms. The standard InChI is InChI=1S/C18H29N3O3S/c1-12-19-13(11-25-12)10-20-8-9-21(16(20)23)14(17(2,3)4)15(22)24-18(5,6)7/h11,14H,8-10H2,1-7H3/t14-/m1/s1. The van der Waals surface area contributed by atoms with Crippen LogP contribution in [0.25, 0.3) is 0 Å². The Kier molecular flexibility index (Phi) is 5.47. The van der Waals surface area contributed by atoms with Crippen molar-refractivity contribution in [1.29, 1.82) is 0 Å². The molecule has 1 atom stereocenters. The summed E-state index contributed by atoms with van der Waals surface area (Å²) in [5, 5.41) is 2.96. The minimum atomic E-state index is -0.610. The van der Waals surface area contributed by atoms with E-state index in [4.69, 9.17) is 4.74 Å². The predicted molar refractivity (Wildman–Crippen MR) is 98.5 cm³/mol. The summed E-state index contributed by atoms with van der Waals surface area (Å²) in [7, 11) is 0. The largest absolute Gasteiger partial charge is 0.458 e. The maximum absolute atomic E-state index is 12.9. The average molecular weight is 368 g/mol. The number of nitrogens with zero attached hydrogens (tertiary/aromatic N) is 3. The van der Waals surface area contributed by atoms with Crippen LogP contribution >= 0.6 is 11.3 Å². The lowest BCUT2D eigenvalue weighted by Crippen LogP contribution is -2.52. The van der Waals surface area contributed by atoms with Gasteiger partial charge >= 0.3 is 12.0 Å². The smallest absolute Gasteiger partial charge is 0.329 e. The van der Waals surface area contributed by atoms with E-state index in [0.717, 1.165) is 10.7 Å². The van der Waals surface area contributed by atoms with Gasteiger partial charge in [-0.25, -0.2) is 14.6 Å². The summed E-state index contributed by atoms with van der Waals surface area (Å²) in [6, 6.07) is -0.738. The van der Waals surface area contributed by atoms with Crippen molar-refractivity contribution in [3.8, 4) is 0 Å². The fourth-order valence-corrected chi connectivity index (χ4v) is 3.57. The molecule has 2 heterocycles. The number of urea groups is 1. The van der Waals surface area contributed by atoms with Gasteiger partial charge < -0.3 is 14.5 Å². The highest BCUT2D eigenvalue weighted by molar-refractivity contribution is 7.09. The number of esters is 1. The summed E-state index contributed by atoms with van der Waals surface area (Å²) >= 11 is 1.57. The monoisotopic (exact) mass is 367 g/mol. The molecule has 0 radical (unpaired) electrons. The van der Waals surface area contributed by atoms with Crippen LogP contribution in [0.2, 0.25) is 0 Å². The van der Waals surface area contributed by atoms with Gasteiger partial charge in [-0.15, -0.1) is 11.3 Å². The Hall–Kier alpha value is -1.63. The lowest BCUT2D eigenvalue weighted by Gasteiger charge is -2.37. The van der Waals surface area contributed by atoms with Crippen LogP contribution < -0.4 is 0 Å². The van der Waals surface area contributed by atoms with E-state index in [1.54, 1.807) is 21.1 Å². The molecule has 0 aliphatic carbocycles. The molecular formula is C18H29N3O3S. The van der Waals surface area contributed by atoms with Gasteiger partial charge in [-0.2, -0.15) is 0 Å². The summed E-state index contributed by atoms with van der Waals surface area (Å²) in [6.45, 7) is 14.9. The van der Waals surface area contributed by atoms with E-state index in [0.29, 0.717) is 19.6 Å². The zero-order valence-corrected chi connectivity index (χ0v) is 17.1. The number of aromatic nitrogens is 1. The van der Waals surface area contributed by atoms with Crippen LogP contribution in [0.15, 0.2) is 5.38 Å². The van der Waals surface area contributed by atoms with E-state index >= 15 is 0 Å². The number of amides is 2. The molecule has 0 bridgehead atoms. The molecule has 0 unspecified atom stereocenters. The van der Waals surface area contributed by atoms with Crippen LogP contribution in [0, 0.1) is 12.3 Å². The van der Waals surface area contributed by atoms with E-state index in [9.17, 15) is 9.59 Å². The Morgan fingerprint density at radius 3 is 2.40 bits per heavy atom. The number of thiazole rings is 1. The van der Waals surface area contributed by atoms with E-state index in [1.165, 1.54) is 0 Å². The summed E-state index contributed by atoms with van der Waals surface area (Å²) in [6.07, 6.45) is 0. The lowest BCUT2D eigenvalue weighted by molar-refractivity contribution is -0.164. The third-order valence-corrected chi connectivity index (χ3v) is 4.73. The zero-order chi connectivity index (χ0) is 19.0. The fourth-order valence-electron chi connectivity index (χ4n) is 2.97. The second-order valence-electron chi connectivity index (χ2n) is 8.56. The Labute approximate surface area is 154 Å². The van der Waals surface area contributed by atoms with Crippen molar-refractivity contribution in [2.75, 3.05) is 13.1 Å². The van der Waals surface area contributed by atoms with Crippen molar-refractivity contribution in [1.82, 2.24) is 14.8 Å². The highest BCUT2D eigenvalue weighted by Gasteiger charge is 2.45. The molecule has 25 heavy (non-hydrogen) atoms. The lowest BCUT2D eigenvalue weighted by atomic mass is 9.85. The minimum absolute atomic E-state index is 0.128. The number of ether oxygens (including phenoxy) is 1. The maximum atomic E-state index is 12.9. The molecule has 6 nitrogen and oxygen atoms in total. The van der Waals surface area contributed by atoms with Crippen LogP contribution in [0.3, 0.4) is 0 Å². The molecule has 1 aromatic heterocycles. The first-order valence-electron chi connectivity index (χ1n) is 8.58. The Bertz CT molecular complexity index is 643. The number of hydrogen-bond donors (Lipinski definition) is 0. The molecule has 140 valence electrons. The average Bonchev–Trinajstić information content (AvgIpc) is 2.96. The van der Waals surface area contributed by atoms with Gasteiger partial charge in [-0.3, -0.25) is 0 Å². The van der Waals surface area contributed by atoms with Gasteiger partial charge in [0.2, 0.25) is 0 Å². The Balaban J connectivity index is 2.16. The molecule has 7 heteroatoms. The molecule has 1 fully saturated rings. The van der Waals surface area contributed by atoms with Gasteiger partial charge in [0, 0.05) is 18.5 Å². The summed E-state index contributed by atoms with van der Waals surface area (Å²) in [5.74, 6) is -0.347. The van der Waals surface area contributed by atoms with Gasteiger partial charge in [-0.1, -0.05) is 20.8 Å². The van der Waals surface area contributed by atoms with Gasteiger partial charge in [0.05, 0.1) is 17.2 Å². The minimum Gasteiger partial charge on any atom is -0.458 e. The first-order chi connectivity index (χ1) is 11.4. The van der Waals surface area contributed by atoms with E-state index in [2.05, 4.69) is 4.98 Å². The summed E-state index contributed by atoms with van der Waals surface area (Å²) in [4.78, 5) is 33.5. The zero-order valence-electron chi connectivity index (χ0n) is 16.3. The first-order valence-corrected chi connectivity index (χ1v) is 9.46. The van der Waals surface area contributed by atoms with Gasteiger partial charge in [0.15, 0.2) is 0 Å². The second kappa shape index (κ2) is 6.94. The highest BCUT2D eigenvalue weighted by atomic mass is 32.1. The third kappa shape index (κ3) is 4.93. The molecule has 0 N–H and O–H groups in total. The van der Waals surface area contributed by atoms with E-state index in [1.807, 2.05) is 53.8 Å². The van der Waals surface area contributed by atoms with Crippen molar-refractivity contribution < 1.29 is 14.3 Å². The molecule has 2 amide bonds. The van der Waals surface area contributed by atoms with Crippen LogP contribution in [-0.4, -0.2) is 51.5 Å². The Morgan fingerprint density at radius 2 is 1.92 bits per heavy atom. The van der Waals surface area contributed by atoms with Crippen molar-refractivity contribution in [3.63, 3.8) is 0 Å². The number of carbonyl (C=O) groups excluding carboxylic acids is 2. The molecule has 0 saturated carbocycles. The van der Waals surface area contributed by atoms with Gasteiger partial charge in [0.25, 0.3) is 0 Å². The van der Waals surface area contributed by atoms with Crippen molar-refractivity contribution in [3.05, 3.63) is 16.1 Å². The number of carbonyl (C=O) groups is 2. The third-order valence-electron chi connectivity index (χ3n) is 3.91. The molecule has 2 rings (SSSR count). The summed E-state index contributed by atoms with van der Waals surface area (Å²) in [5.41, 5.74) is -0.103. The topological polar surface area (TPSA) is 62.7 Å². The molecule has 1 aromatic rings. The molecule has 0 aromatic carbocycles. The second-order valence-corrected chi connectivity index (χ2v) is 9.62. The Morgan fingerprint density at radius 1 is 1.28 bits per heavy atom. The van der Waals surface area contributed by atoms with Crippen LogP contribution in [-0.2, 0) is 16.1 Å². The van der Waals surface area contributed by atoms with Crippen molar-refractivity contribution >= 4 is 23.3 Å². The molecule has 1 aliphatic heterocycles. The van der Waals surface area contributed by atoms with Gasteiger partial charge in [-0.05, 0) is 33.1 Å². The summed E-state index contributed by atoms with van der Waals surface area (Å²) < 4.78 is 5.58. The van der Waals surface area contributed by atoms with Crippen molar-refractivity contribution in [2.45, 2.75) is 66.7 Å². The normalized spacial score (nSPS) is 17.2. The number of aryl methyl sites for hydroxylation is 1.